The second-order valence-corrected chi connectivity index (χ2v) is 14.8. The third kappa shape index (κ3) is 3.17. The van der Waals surface area contributed by atoms with Gasteiger partial charge >= 0.3 is 11.9 Å². The summed E-state index contributed by atoms with van der Waals surface area (Å²) in [6.45, 7) is 10.4. The fourth-order valence-corrected chi connectivity index (χ4v) is 10.8. The van der Waals surface area contributed by atoms with E-state index in [4.69, 9.17) is 0 Å². The summed E-state index contributed by atoms with van der Waals surface area (Å²) in [5, 5.41) is 52.9. The minimum Gasteiger partial charge on any atom is -0.481 e. The van der Waals surface area contributed by atoms with Gasteiger partial charge in [-0.05, 0) is 98.7 Å². The molecular formula is C30H46O7. The van der Waals surface area contributed by atoms with Crippen LogP contribution in [0.15, 0.2) is 11.6 Å². The molecule has 0 bridgehead atoms. The van der Waals surface area contributed by atoms with Gasteiger partial charge in [-0.15, -0.1) is 0 Å². The summed E-state index contributed by atoms with van der Waals surface area (Å²) in [5.74, 6) is -1.67. The molecule has 5 aliphatic rings. The summed E-state index contributed by atoms with van der Waals surface area (Å²) < 4.78 is 0. The molecule has 5 aliphatic carbocycles. The van der Waals surface area contributed by atoms with Gasteiger partial charge < -0.3 is 25.5 Å². The van der Waals surface area contributed by atoms with E-state index < -0.39 is 40.4 Å². The summed E-state index contributed by atoms with van der Waals surface area (Å²) in [6, 6.07) is 0. The summed E-state index contributed by atoms with van der Waals surface area (Å²) in [5.41, 5.74) is -2.21. The lowest BCUT2D eigenvalue weighted by molar-refractivity contribution is -0.243. The predicted molar refractivity (Wildman–Crippen MR) is 137 cm³/mol. The van der Waals surface area contributed by atoms with Crippen molar-refractivity contribution < 1.29 is 35.1 Å². The van der Waals surface area contributed by atoms with Crippen molar-refractivity contribution in [1.82, 2.24) is 0 Å². The van der Waals surface area contributed by atoms with Crippen LogP contribution in [0.5, 0.6) is 0 Å². The lowest BCUT2D eigenvalue weighted by atomic mass is 9.33. The van der Waals surface area contributed by atoms with Crippen molar-refractivity contribution in [3.63, 3.8) is 0 Å². The Hall–Kier alpha value is -1.44. The highest BCUT2D eigenvalue weighted by Gasteiger charge is 2.71. The average molecular weight is 519 g/mol. The zero-order chi connectivity index (χ0) is 27.4. The lowest BCUT2D eigenvalue weighted by Crippen LogP contribution is -2.68. The maximum atomic E-state index is 12.8. The number of allylic oxidation sites excluding steroid dienone is 2. The third-order valence-corrected chi connectivity index (χ3v) is 13.4. The van der Waals surface area contributed by atoms with Crippen LogP contribution < -0.4 is 0 Å². The summed E-state index contributed by atoms with van der Waals surface area (Å²) in [7, 11) is 0. The first kappa shape index (κ1) is 27.1. The molecule has 0 unspecified atom stereocenters. The molecular weight excluding hydrogens is 472 g/mol. The van der Waals surface area contributed by atoms with Crippen LogP contribution in [0.3, 0.4) is 0 Å². The number of hydrogen-bond donors (Lipinski definition) is 5. The van der Waals surface area contributed by atoms with Crippen molar-refractivity contribution in [3.05, 3.63) is 11.6 Å². The van der Waals surface area contributed by atoms with Gasteiger partial charge in [0.15, 0.2) is 0 Å². The Morgan fingerprint density at radius 3 is 2.14 bits per heavy atom. The Balaban J connectivity index is 1.61. The number of carboxylic acids is 2. The van der Waals surface area contributed by atoms with Crippen LogP contribution in [-0.2, 0) is 9.59 Å². The second kappa shape index (κ2) is 8.04. The van der Waals surface area contributed by atoms with E-state index in [-0.39, 0.29) is 40.6 Å². The van der Waals surface area contributed by atoms with Crippen LogP contribution in [0.1, 0.15) is 92.4 Å². The normalized spacial score (nSPS) is 55.1. The Labute approximate surface area is 220 Å². The van der Waals surface area contributed by atoms with Gasteiger partial charge in [-0.3, -0.25) is 9.59 Å². The zero-order valence-corrected chi connectivity index (χ0v) is 23.1. The molecule has 0 aromatic rings. The molecule has 5 N–H and O–H groups in total. The smallest absolute Gasteiger partial charge is 0.310 e. The lowest BCUT2D eigenvalue weighted by Gasteiger charge is -2.71. The number of carbonyl (C=O) groups is 2. The highest BCUT2D eigenvalue weighted by Crippen LogP contribution is 2.75. The average Bonchev–Trinajstić information content (AvgIpc) is 2.82. The van der Waals surface area contributed by atoms with E-state index in [1.807, 2.05) is 6.92 Å². The molecule has 7 heteroatoms. The van der Waals surface area contributed by atoms with Crippen molar-refractivity contribution >= 4 is 11.9 Å². The first-order chi connectivity index (χ1) is 17.1. The van der Waals surface area contributed by atoms with E-state index >= 15 is 0 Å². The molecule has 0 radical (unpaired) electrons. The first-order valence-corrected chi connectivity index (χ1v) is 14.2. The number of aliphatic hydroxyl groups is 3. The van der Waals surface area contributed by atoms with Crippen molar-refractivity contribution in [2.24, 2.45) is 50.2 Å². The molecule has 5 rings (SSSR count). The first-order valence-electron chi connectivity index (χ1n) is 14.2. The monoisotopic (exact) mass is 518 g/mol. The van der Waals surface area contributed by atoms with Gasteiger partial charge in [0.1, 0.15) is 0 Å². The Morgan fingerprint density at radius 1 is 0.892 bits per heavy atom. The van der Waals surface area contributed by atoms with Crippen LogP contribution in [0, 0.1) is 50.2 Å². The van der Waals surface area contributed by atoms with Crippen LogP contribution >= 0.6 is 0 Å². The molecule has 0 aromatic carbocycles. The Morgan fingerprint density at radius 2 is 1.54 bits per heavy atom. The Kier molecular flexibility index (Phi) is 5.90. The molecule has 0 amide bonds. The standard InChI is InChI=1S/C30H46O7/c1-25(23(34)35)10-12-30(24(36)37)13-11-28(4)17(18(30)14-25)6-7-21-26(2)15-19(32)22(33)27(3,16-31)20(26)8-9-29(21,28)5/h6,18-22,31-33H,7-16H2,1-5H3,(H,34,35)(H,36,37)/t18-,19-,20+,21+,22-,25-,26-,27-,28+,29+,30-/m0/s1. The van der Waals surface area contributed by atoms with E-state index in [0.717, 1.165) is 31.3 Å². The molecule has 4 saturated carbocycles. The molecule has 208 valence electrons. The quantitative estimate of drug-likeness (QED) is 0.353. The third-order valence-electron chi connectivity index (χ3n) is 13.4. The van der Waals surface area contributed by atoms with E-state index in [9.17, 15) is 35.1 Å². The van der Waals surface area contributed by atoms with E-state index in [1.165, 1.54) is 0 Å². The van der Waals surface area contributed by atoms with E-state index in [1.54, 1.807) is 6.92 Å². The van der Waals surface area contributed by atoms with Gasteiger partial charge in [0.05, 0.1) is 29.6 Å². The van der Waals surface area contributed by atoms with Crippen LogP contribution in [-0.4, -0.2) is 56.3 Å². The second-order valence-electron chi connectivity index (χ2n) is 14.8. The maximum absolute atomic E-state index is 12.8. The van der Waals surface area contributed by atoms with Crippen LogP contribution in [0.4, 0.5) is 0 Å². The predicted octanol–water partition coefficient (Wildman–Crippen LogP) is 4.24. The van der Waals surface area contributed by atoms with Crippen molar-refractivity contribution in [3.8, 4) is 0 Å². The summed E-state index contributed by atoms with van der Waals surface area (Å²) in [6.07, 6.45) is 5.76. The fourth-order valence-electron chi connectivity index (χ4n) is 10.8. The number of aliphatic carboxylic acids is 2. The molecule has 37 heavy (non-hydrogen) atoms. The molecule has 0 aromatic heterocycles. The summed E-state index contributed by atoms with van der Waals surface area (Å²) >= 11 is 0. The van der Waals surface area contributed by atoms with Gasteiger partial charge in [0, 0.05) is 5.41 Å². The molecule has 11 atom stereocenters. The highest BCUT2D eigenvalue weighted by atomic mass is 16.4. The molecule has 0 aliphatic heterocycles. The van der Waals surface area contributed by atoms with Crippen LogP contribution in [0.25, 0.3) is 0 Å². The Bertz CT molecular complexity index is 1040. The van der Waals surface area contributed by atoms with Gasteiger partial charge in [0.25, 0.3) is 0 Å². The van der Waals surface area contributed by atoms with E-state index in [2.05, 4.69) is 26.8 Å². The van der Waals surface area contributed by atoms with Gasteiger partial charge in [-0.1, -0.05) is 39.3 Å². The molecule has 0 heterocycles. The molecule has 7 nitrogen and oxygen atoms in total. The van der Waals surface area contributed by atoms with Gasteiger partial charge in [-0.25, -0.2) is 0 Å². The van der Waals surface area contributed by atoms with Gasteiger partial charge in [-0.2, -0.15) is 0 Å². The van der Waals surface area contributed by atoms with Gasteiger partial charge in [0.2, 0.25) is 0 Å². The number of rotatable bonds is 3. The minimum absolute atomic E-state index is 0.0618. The number of hydrogen-bond acceptors (Lipinski definition) is 5. The maximum Gasteiger partial charge on any atom is 0.310 e. The summed E-state index contributed by atoms with van der Waals surface area (Å²) in [4.78, 5) is 25.1. The largest absolute Gasteiger partial charge is 0.481 e. The topological polar surface area (TPSA) is 135 Å². The van der Waals surface area contributed by atoms with Crippen LogP contribution in [0.2, 0.25) is 0 Å². The fraction of sp³-hybridized carbons (Fsp3) is 0.867. The highest BCUT2D eigenvalue weighted by molar-refractivity contribution is 5.79. The number of aliphatic hydroxyl groups excluding tert-OH is 3. The van der Waals surface area contributed by atoms with Crippen molar-refractivity contribution in [2.45, 2.75) is 105 Å². The molecule has 4 fully saturated rings. The van der Waals surface area contributed by atoms with Crippen molar-refractivity contribution in [2.75, 3.05) is 6.61 Å². The minimum atomic E-state index is -0.966. The van der Waals surface area contributed by atoms with E-state index in [0.29, 0.717) is 32.1 Å². The number of fused-ring (bicyclic) bond motifs is 7. The SMILES string of the molecule is C[C@]1(C(=O)O)CC[C@]2(C(=O)O)CC[C@]3(C)C(=CC[C@@H]4[C@@]5(C)C[C@H](O)[C@H](O)[C@@](C)(CO)[C@@H]5CC[C@]43C)[C@@H]2C1. The van der Waals surface area contributed by atoms with Crippen molar-refractivity contribution in [1.29, 1.82) is 0 Å². The molecule has 0 saturated heterocycles. The zero-order valence-electron chi connectivity index (χ0n) is 23.1. The molecule has 0 spiro atoms. The number of carboxylic acid groups (broad SMARTS) is 2.